The standard InChI is InChI=1S/C41H43NO8Si/c1-40(2,3)51(30-21-13-7-14-22-30,31-23-15-8-16-24-31)50-36-35-33(48-35)25-34-41(36,49-37(43)29-19-11-6-12-20-29)26-32(38(44)46-4)42(34)39(45)47-27-28-17-9-5-10-18-28/h5-24,32-36H,25-27H2,1-4H3/t32-,33?,34?,35?,36+,41-/m0/s1. The molecule has 0 radical (unpaired) electrons. The zero-order valence-electron chi connectivity index (χ0n) is 29.3. The molecule has 7 rings (SSSR count). The summed E-state index contributed by atoms with van der Waals surface area (Å²) >= 11 is 0. The first-order valence-electron chi connectivity index (χ1n) is 17.4. The van der Waals surface area contributed by atoms with Gasteiger partial charge in [0.1, 0.15) is 24.9 Å². The molecule has 9 nitrogen and oxygen atoms in total. The smallest absolute Gasteiger partial charge is 0.411 e. The van der Waals surface area contributed by atoms with Crippen molar-refractivity contribution in [2.75, 3.05) is 7.11 Å². The molecule has 51 heavy (non-hydrogen) atoms. The molecule has 1 aliphatic carbocycles. The molecular weight excluding hydrogens is 663 g/mol. The van der Waals surface area contributed by atoms with Crippen LogP contribution in [0.4, 0.5) is 4.79 Å². The second-order valence-corrected chi connectivity index (χ2v) is 18.7. The van der Waals surface area contributed by atoms with E-state index in [1.807, 2.05) is 72.8 Å². The molecule has 2 aliphatic heterocycles. The summed E-state index contributed by atoms with van der Waals surface area (Å²) < 4.78 is 32.0. The Morgan fingerprint density at radius 3 is 1.92 bits per heavy atom. The Kier molecular flexibility index (Phi) is 9.34. The van der Waals surface area contributed by atoms with Crippen LogP contribution < -0.4 is 10.4 Å². The zero-order chi connectivity index (χ0) is 35.8. The maximum Gasteiger partial charge on any atom is 0.411 e. The highest BCUT2D eigenvalue weighted by atomic mass is 28.4. The lowest BCUT2D eigenvalue weighted by molar-refractivity contribution is -0.146. The summed E-state index contributed by atoms with van der Waals surface area (Å²) in [7, 11) is -1.99. The lowest BCUT2D eigenvalue weighted by atomic mass is 9.77. The van der Waals surface area contributed by atoms with Crippen molar-refractivity contribution in [1.82, 2.24) is 4.90 Å². The van der Waals surface area contributed by atoms with Gasteiger partial charge in [0.25, 0.3) is 8.32 Å². The number of hydrogen-bond acceptors (Lipinski definition) is 8. The fourth-order valence-electron chi connectivity index (χ4n) is 8.12. The molecule has 1 saturated carbocycles. The Hall–Kier alpha value is -4.77. The maximum absolute atomic E-state index is 14.2. The van der Waals surface area contributed by atoms with Crippen molar-refractivity contribution in [2.45, 2.75) is 81.3 Å². The van der Waals surface area contributed by atoms with E-state index < -0.39 is 61.3 Å². The van der Waals surface area contributed by atoms with Crippen molar-refractivity contribution >= 4 is 36.7 Å². The summed E-state index contributed by atoms with van der Waals surface area (Å²) in [6.45, 7) is 6.52. The molecule has 0 bridgehead atoms. The molecule has 0 N–H and O–H groups in total. The van der Waals surface area contributed by atoms with E-state index in [0.717, 1.165) is 15.9 Å². The second-order valence-electron chi connectivity index (χ2n) is 14.5. The lowest BCUT2D eigenvalue weighted by Crippen LogP contribution is -2.72. The predicted molar refractivity (Wildman–Crippen MR) is 193 cm³/mol. The van der Waals surface area contributed by atoms with E-state index in [1.54, 1.807) is 24.3 Å². The van der Waals surface area contributed by atoms with Crippen molar-refractivity contribution in [3.05, 3.63) is 132 Å². The third kappa shape index (κ3) is 6.26. The number of carbonyl (C=O) groups is 3. The summed E-state index contributed by atoms with van der Waals surface area (Å²) in [5.74, 6) is -1.21. The molecule has 6 atom stereocenters. The van der Waals surface area contributed by atoms with Gasteiger partial charge in [-0.3, -0.25) is 4.90 Å². The molecule has 10 heteroatoms. The van der Waals surface area contributed by atoms with Gasteiger partial charge in [-0.15, -0.1) is 0 Å². The average Bonchev–Trinajstić information content (AvgIpc) is 3.85. The van der Waals surface area contributed by atoms with E-state index in [4.69, 9.17) is 23.4 Å². The maximum atomic E-state index is 14.2. The van der Waals surface area contributed by atoms with Gasteiger partial charge in [-0.25, -0.2) is 14.4 Å². The fraction of sp³-hybridized carbons (Fsp3) is 0.341. The first-order chi connectivity index (χ1) is 24.6. The Morgan fingerprint density at radius 1 is 0.824 bits per heavy atom. The first kappa shape index (κ1) is 34.7. The van der Waals surface area contributed by atoms with E-state index in [2.05, 4.69) is 45.0 Å². The van der Waals surface area contributed by atoms with Gasteiger partial charge in [-0.05, 0) is 33.1 Å². The Bertz CT molecular complexity index is 1810. The fourth-order valence-corrected chi connectivity index (χ4v) is 12.9. The molecule has 4 aromatic rings. The van der Waals surface area contributed by atoms with Gasteiger partial charge in [0, 0.05) is 12.8 Å². The van der Waals surface area contributed by atoms with E-state index in [0.29, 0.717) is 12.0 Å². The number of likely N-dealkylation sites (tertiary alicyclic amines) is 1. The van der Waals surface area contributed by atoms with Crippen LogP contribution in [-0.2, 0) is 34.8 Å². The highest BCUT2D eigenvalue weighted by Gasteiger charge is 2.74. The minimum Gasteiger partial charge on any atom is -0.467 e. The number of rotatable bonds is 9. The topological polar surface area (TPSA) is 104 Å². The number of ether oxygens (including phenoxy) is 4. The monoisotopic (exact) mass is 705 g/mol. The number of methoxy groups -OCH3 is 1. The van der Waals surface area contributed by atoms with Crippen molar-refractivity contribution in [3.63, 3.8) is 0 Å². The van der Waals surface area contributed by atoms with Crippen LogP contribution in [0.5, 0.6) is 0 Å². The van der Waals surface area contributed by atoms with Gasteiger partial charge in [-0.2, -0.15) is 0 Å². The molecule has 3 unspecified atom stereocenters. The largest absolute Gasteiger partial charge is 0.467 e. The summed E-state index contributed by atoms with van der Waals surface area (Å²) in [6.07, 6.45) is -2.02. The number of benzene rings is 4. The van der Waals surface area contributed by atoms with Crippen LogP contribution in [0, 0.1) is 0 Å². The number of epoxide rings is 1. The molecular formula is C41H43NO8Si. The normalized spacial score (nSPS) is 25.3. The number of nitrogens with zero attached hydrogens (tertiary/aromatic N) is 1. The third-order valence-electron chi connectivity index (χ3n) is 10.5. The number of hydrogen-bond donors (Lipinski definition) is 0. The molecule has 0 spiro atoms. The quantitative estimate of drug-likeness (QED) is 0.0953. The second kappa shape index (κ2) is 13.7. The van der Waals surface area contributed by atoms with Crippen LogP contribution in [0.15, 0.2) is 121 Å². The van der Waals surface area contributed by atoms with E-state index in [-0.39, 0.29) is 19.1 Å². The van der Waals surface area contributed by atoms with Crippen LogP contribution in [0.1, 0.15) is 49.5 Å². The first-order valence-corrected chi connectivity index (χ1v) is 19.3. The van der Waals surface area contributed by atoms with Crippen molar-refractivity contribution < 1.29 is 37.8 Å². The molecule has 3 aliphatic rings. The van der Waals surface area contributed by atoms with Crippen LogP contribution in [0.2, 0.25) is 5.04 Å². The minimum absolute atomic E-state index is 0.00185. The zero-order valence-corrected chi connectivity index (χ0v) is 30.3. The van der Waals surface area contributed by atoms with Crippen LogP contribution in [-0.4, -0.2) is 74.4 Å². The highest BCUT2D eigenvalue weighted by molar-refractivity contribution is 6.99. The molecule has 0 aromatic heterocycles. The summed E-state index contributed by atoms with van der Waals surface area (Å²) in [6, 6.07) is 36.5. The highest BCUT2D eigenvalue weighted by Crippen LogP contribution is 2.55. The molecule has 2 heterocycles. The van der Waals surface area contributed by atoms with E-state index in [9.17, 15) is 14.4 Å². The number of fused-ring (bicyclic) bond motifs is 2. The Labute approximate surface area is 299 Å². The third-order valence-corrected chi connectivity index (χ3v) is 15.5. The molecule has 2 saturated heterocycles. The van der Waals surface area contributed by atoms with Gasteiger partial charge < -0.3 is 23.4 Å². The molecule has 4 aromatic carbocycles. The van der Waals surface area contributed by atoms with Crippen LogP contribution in [0.3, 0.4) is 0 Å². The molecule has 264 valence electrons. The Balaban J connectivity index is 1.38. The number of amides is 1. The minimum atomic E-state index is -3.28. The van der Waals surface area contributed by atoms with E-state index >= 15 is 0 Å². The Morgan fingerprint density at radius 2 is 1.37 bits per heavy atom. The van der Waals surface area contributed by atoms with Crippen molar-refractivity contribution in [2.24, 2.45) is 0 Å². The average molecular weight is 706 g/mol. The predicted octanol–water partition coefficient (Wildman–Crippen LogP) is 5.65. The summed E-state index contributed by atoms with van der Waals surface area (Å²) in [4.78, 5) is 43.5. The van der Waals surface area contributed by atoms with Crippen molar-refractivity contribution in [1.29, 1.82) is 0 Å². The van der Waals surface area contributed by atoms with Crippen LogP contribution in [0.25, 0.3) is 0 Å². The van der Waals surface area contributed by atoms with Gasteiger partial charge in [0.05, 0.1) is 24.8 Å². The summed E-state index contributed by atoms with van der Waals surface area (Å²) in [5.41, 5.74) is -0.362. The van der Waals surface area contributed by atoms with E-state index in [1.165, 1.54) is 12.0 Å². The molecule has 1 amide bonds. The number of esters is 2. The van der Waals surface area contributed by atoms with Gasteiger partial charge in [-0.1, -0.05) is 130 Å². The SMILES string of the molecule is COC(=O)[C@@H]1C[C@]2(OC(=O)c3ccccc3)C(CC3OC3[C@H]2O[Si](c2ccccc2)(c2ccccc2)C(C)(C)C)N1C(=O)OCc1ccccc1. The van der Waals surface area contributed by atoms with Gasteiger partial charge in [0.2, 0.25) is 0 Å². The lowest BCUT2D eigenvalue weighted by Gasteiger charge is -2.50. The summed E-state index contributed by atoms with van der Waals surface area (Å²) in [5, 5.41) is 1.65. The number of carbonyl (C=O) groups excluding carboxylic acids is 3. The van der Waals surface area contributed by atoms with Crippen molar-refractivity contribution in [3.8, 4) is 0 Å². The van der Waals surface area contributed by atoms with Crippen LogP contribution >= 0.6 is 0 Å². The van der Waals surface area contributed by atoms with Gasteiger partial charge >= 0.3 is 18.0 Å². The molecule has 3 fully saturated rings. The van der Waals surface area contributed by atoms with Gasteiger partial charge in [0.15, 0.2) is 5.60 Å².